The fourth-order valence-electron chi connectivity index (χ4n) is 2.46. The summed E-state index contributed by atoms with van der Waals surface area (Å²) < 4.78 is 18.8. The monoisotopic (exact) mass is 248 g/mol. The smallest absolute Gasteiger partial charge is 0.136 e. The van der Waals surface area contributed by atoms with E-state index in [9.17, 15) is 9.50 Å². The molecule has 0 bridgehead atoms. The summed E-state index contributed by atoms with van der Waals surface area (Å²) in [6, 6.07) is 4.46. The van der Waals surface area contributed by atoms with Crippen molar-refractivity contribution in [2.45, 2.75) is 38.7 Å². The van der Waals surface area contributed by atoms with Gasteiger partial charge in [0.05, 0.1) is 0 Å². The number of hydrogen-bond acceptors (Lipinski definition) is 2. The molecule has 1 aliphatic carbocycles. The highest BCUT2D eigenvalue weighted by molar-refractivity contribution is 5.82. The Kier molecular flexibility index (Phi) is 2.86. The van der Waals surface area contributed by atoms with Crippen LogP contribution < -0.4 is 0 Å². The molecule has 1 aliphatic rings. The molecule has 1 heterocycles. The lowest BCUT2D eigenvalue weighted by molar-refractivity contribution is 0.137. The van der Waals surface area contributed by atoms with Gasteiger partial charge in [-0.25, -0.2) is 4.39 Å². The minimum absolute atomic E-state index is 0.273. The van der Waals surface area contributed by atoms with Gasteiger partial charge in [0.15, 0.2) is 0 Å². The van der Waals surface area contributed by atoms with Gasteiger partial charge in [-0.15, -0.1) is 0 Å². The summed E-state index contributed by atoms with van der Waals surface area (Å²) >= 11 is 0. The fourth-order valence-corrected chi connectivity index (χ4v) is 2.46. The molecule has 1 unspecified atom stereocenters. The summed E-state index contributed by atoms with van der Waals surface area (Å²) in [7, 11) is 0. The first-order valence-electron chi connectivity index (χ1n) is 6.52. The highest BCUT2D eigenvalue weighted by Gasteiger charge is 2.24. The number of fused-ring (bicyclic) bond motifs is 1. The summed E-state index contributed by atoms with van der Waals surface area (Å²) in [6.07, 6.45) is 3.79. The Morgan fingerprint density at radius 1 is 1.44 bits per heavy atom. The van der Waals surface area contributed by atoms with E-state index in [-0.39, 0.29) is 5.82 Å². The van der Waals surface area contributed by atoms with Gasteiger partial charge < -0.3 is 9.52 Å². The molecule has 1 N–H and O–H groups in total. The number of furan rings is 1. The van der Waals surface area contributed by atoms with Gasteiger partial charge in [0.1, 0.15) is 23.3 Å². The fraction of sp³-hybridized carbons (Fsp3) is 0.467. The van der Waals surface area contributed by atoms with Crippen molar-refractivity contribution in [3.8, 4) is 0 Å². The van der Waals surface area contributed by atoms with Crippen molar-refractivity contribution < 1.29 is 13.9 Å². The van der Waals surface area contributed by atoms with Crippen LogP contribution in [0.3, 0.4) is 0 Å². The second-order valence-electron chi connectivity index (χ2n) is 5.27. The topological polar surface area (TPSA) is 33.4 Å². The molecule has 0 spiro atoms. The first kappa shape index (κ1) is 11.7. The molecular weight excluding hydrogens is 231 g/mol. The van der Waals surface area contributed by atoms with Crippen LogP contribution >= 0.6 is 0 Å². The van der Waals surface area contributed by atoms with Gasteiger partial charge in [0, 0.05) is 10.9 Å². The number of aryl methyl sites for hydroxylation is 1. The van der Waals surface area contributed by atoms with E-state index in [0.29, 0.717) is 11.3 Å². The van der Waals surface area contributed by atoms with Crippen molar-refractivity contribution >= 4 is 11.0 Å². The predicted octanol–water partition coefficient (Wildman–Crippen LogP) is 4.10. The Bertz CT molecular complexity index is 569. The molecule has 96 valence electrons. The average Bonchev–Trinajstić information content (AvgIpc) is 3.12. The number of halogens is 1. The first-order valence-corrected chi connectivity index (χ1v) is 6.52. The van der Waals surface area contributed by atoms with Crippen LogP contribution in [-0.2, 0) is 0 Å². The molecule has 18 heavy (non-hydrogen) atoms. The quantitative estimate of drug-likeness (QED) is 0.883. The zero-order valence-corrected chi connectivity index (χ0v) is 10.4. The SMILES string of the molecule is Cc1c(C(O)CCC2CC2)oc2ccc(F)cc12. The molecule has 2 nitrogen and oxygen atoms in total. The van der Waals surface area contributed by atoms with Gasteiger partial charge in [-0.2, -0.15) is 0 Å². The Hall–Kier alpha value is -1.35. The van der Waals surface area contributed by atoms with Gasteiger partial charge in [0.25, 0.3) is 0 Å². The van der Waals surface area contributed by atoms with Crippen LogP contribution in [0.15, 0.2) is 22.6 Å². The summed E-state index contributed by atoms with van der Waals surface area (Å²) in [5.74, 6) is 1.11. The number of hydrogen-bond donors (Lipinski definition) is 1. The van der Waals surface area contributed by atoms with Crippen LogP contribution in [0.2, 0.25) is 0 Å². The van der Waals surface area contributed by atoms with Gasteiger partial charge in [-0.1, -0.05) is 12.8 Å². The number of aliphatic hydroxyl groups is 1. The minimum Gasteiger partial charge on any atom is -0.458 e. The van der Waals surface area contributed by atoms with Gasteiger partial charge >= 0.3 is 0 Å². The zero-order valence-electron chi connectivity index (χ0n) is 10.4. The maximum atomic E-state index is 13.2. The summed E-state index contributed by atoms with van der Waals surface area (Å²) in [5.41, 5.74) is 1.50. The van der Waals surface area contributed by atoms with Gasteiger partial charge in [0.2, 0.25) is 0 Å². The van der Waals surface area contributed by atoms with Crippen molar-refractivity contribution in [3.63, 3.8) is 0 Å². The molecule has 0 amide bonds. The molecule has 1 aromatic heterocycles. The number of benzene rings is 1. The van der Waals surface area contributed by atoms with E-state index in [1.807, 2.05) is 6.92 Å². The summed E-state index contributed by atoms with van der Waals surface area (Å²) in [4.78, 5) is 0. The van der Waals surface area contributed by atoms with Crippen LogP contribution in [0.25, 0.3) is 11.0 Å². The third-order valence-electron chi connectivity index (χ3n) is 3.78. The van der Waals surface area contributed by atoms with Crippen LogP contribution in [-0.4, -0.2) is 5.11 Å². The van der Waals surface area contributed by atoms with Crippen LogP contribution in [0.5, 0.6) is 0 Å². The van der Waals surface area contributed by atoms with E-state index >= 15 is 0 Å². The van der Waals surface area contributed by atoms with Gasteiger partial charge in [-0.3, -0.25) is 0 Å². The predicted molar refractivity (Wildman–Crippen MR) is 67.8 cm³/mol. The van der Waals surface area contributed by atoms with Gasteiger partial charge in [-0.05, 0) is 43.9 Å². The second kappa shape index (κ2) is 4.39. The molecule has 3 rings (SSSR count). The Labute approximate surface area is 105 Å². The number of rotatable bonds is 4. The lowest BCUT2D eigenvalue weighted by Crippen LogP contribution is -1.98. The van der Waals surface area contributed by atoms with Crippen LogP contribution in [0, 0.1) is 18.7 Å². The third-order valence-corrected chi connectivity index (χ3v) is 3.78. The van der Waals surface area contributed by atoms with Crippen molar-refractivity contribution in [1.29, 1.82) is 0 Å². The van der Waals surface area contributed by atoms with E-state index in [2.05, 4.69) is 0 Å². The number of aliphatic hydroxyl groups excluding tert-OH is 1. The van der Waals surface area contributed by atoms with Crippen molar-refractivity contribution in [2.24, 2.45) is 5.92 Å². The second-order valence-corrected chi connectivity index (χ2v) is 5.27. The standard InChI is InChI=1S/C15H17FO2/c1-9-12-8-11(16)5-7-14(12)18-15(9)13(17)6-4-10-2-3-10/h5,7-8,10,13,17H,2-4,6H2,1H3. The normalized spacial score (nSPS) is 17.3. The molecule has 3 heteroatoms. The highest BCUT2D eigenvalue weighted by atomic mass is 19.1. The Morgan fingerprint density at radius 3 is 2.94 bits per heavy atom. The zero-order chi connectivity index (χ0) is 12.7. The summed E-state index contributed by atoms with van der Waals surface area (Å²) in [5, 5.41) is 10.9. The van der Waals surface area contributed by atoms with Crippen LogP contribution in [0.1, 0.15) is 43.1 Å². The minimum atomic E-state index is -0.568. The molecule has 1 atom stereocenters. The lowest BCUT2D eigenvalue weighted by atomic mass is 10.0. The lowest BCUT2D eigenvalue weighted by Gasteiger charge is -2.07. The van der Waals surface area contributed by atoms with E-state index in [4.69, 9.17) is 4.42 Å². The molecular formula is C15H17FO2. The highest BCUT2D eigenvalue weighted by Crippen LogP contribution is 2.37. The van der Waals surface area contributed by atoms with E-state index in [1.165, 1.54) is 25.0 Å². The molecule has 0 aliphatic heterocycles. The summed E-state index contributed by atoms with van der Waals surface area (Å²) in [6.45, 7) is 1.88. The molecule has 0 radical (unpaired) electrons. The van der Waals surface area contributed by atoms with Crippen molar-refractivity contribution in [1.82, 2.24) is 0 Å². The van der Waals surface area contributed by atoms with Crippen molar-refractivity contribution in [2.75, 3.05) is 0 Å². The maximum absolute atomic E-state index is 13.2. The van der Waals surface area contributed by atoms with Crippen LogP contribution in [0.4, 0.5) is 4.39 Å². The Morgan fingerprint density at radius 2 is 2.22 bits per heavy atom. The maximum Gasteiger partial charge on any atom is 0.136 e. The molecule has 0 saturated heterocycles. The first-order chi connectivity index (χ1) is 8.65. The molecule has 1 fully saturated rings. The van der Waals surface area contributed by atoms with E-state index < -0.39 is 6.10 Å². The largest absolute Gasteiger partial charge is 0.458 e. The van der Waals surface area contributed by atoms with E-state index in [1.54, 1.807) is 6.07 Å². The molecule has 1 aromatic carbocycles. The van der Waals surface area contributed by atoms with E-state index in [0.717, 1.165) is 29.7 Å². The average molecular weight is 248 g/mol. The molecule has 1 saturated carbocycles. The Balaban J connectivity index is 1.88. The van der Waals surface area contributed by atoms with Crippen molar-refractivity contribution in [3.05, 3.63) is 35.3 Å². The molecule has 2 aromatic rings. The third kappa shape index (κ3) is 2.15.